The quantitative estimate of drug-likeness (QED) is 0.255. The standard InChI is InChI=1S/C25H27N9O5S/c1-14-11-27-23(28-12-14)22(39-5)15(2)40(35,36)33-25-32-31-24(20-19-16(9-10-26-19)29-13-30-20)34(25)21-17(37-3)7-6-8-18(21)38-4/h6-13,15,22,26H,1-5H3,(H,32,33)/t15-,22-/m0/s1. The van der Waals surface area contributed by atoms with E-state index in [1.165, 1.54) is 39.1 Å². The Hall–Kier alpha value is -4.63. The number of H-pyrrole nitrogens is 1. The maximum atomic E-state index is 13.7. The van der Waals surface area contributed by atoms with Gasteiger partial charge in [-0.25, -0.2) is 28.4 Å². The van der Waals surface area contributed by atoms with Crippen molar-refractivity contribution >= 4 is 27.0 Å². The number of benzene rings is 1. The number of aromatic amines is 1. The lowest BCUT2D eigenvalue weighted by Crippen LogP contribution is -2.33. The molecule has 0 aliphatic heterocycles. The third kappa shape index (κ3) is 4.80. The van der Waals surface area contributed by atoms with Gasteiger partial charge in [0.05, 0.1) is 25.3 Å². The molecule has 0 amide bonds. The number of nitrogens with one attached hydrogen (secondary N) is 2. The maximum Gasteiger partial charge on any atom is 0.243 e. The normalized spacial score (nSPS) is 13.2. The highest BCUT2D eigenvalue weighted by Gasteiger charge is 2.35. The molecule has 0 saturated heterocycles. The van der Waals surface area contributed by atoms with E-state index in [-0.39, 0.29) is 17.6 Å². The fourth-order valence-corrected chi connectivity index (χ4v) is 5.38. The summed E-state index contributed by atoms with van der Waals surface area (Å²) in [5, 5.41) is 7.42. The molecule has 0 fully saturated rings. The van der Waals surface area contributed by atoms with Crippen LogP contribution in [0.1, 0.15) is 24.4 Å². The monoisotopic (exact) mass is 565 g/mol. The summed E-state index contributed by atoms with van der Waals surface area (Å²) < 4.78 is 48.3. The van der Waals surface area contributed by atoms with Crippen LogP contribution >= 0.6 is 0 Å². The van der Waals surface area contributed by atoms with Crippen molar-refractivity contribution in [2.24, 2.45) is 0 Å². The van der Waals surface area contributed by atoms with Gasteiger partial charge in [0, 0.05) is 25.7 Å². The van der Waals surface area contributed by atoms with Gasteiger partial charge in [0.15, 0.2) is 11.6 Å². The SMILES string of the molecule is COc1cccc(OC)c1-n1c(NS(=O)(=O)[C@@H](C)[C@H](OC)c2ncc(C)cn2)nnc1-c1ncnc2cc[nH]c12. The first-order valence-corrected chi connectivity index (χ1v) is 13.6. The Kier molecular flexibility index (Phi) is 7.32. The van der Waals surface area contributed by atoms with Crippen LogP contribution < -0.4 is 14.2 Å². The molecule has 15 heteroatoms. The van der Waals surface area contributed by atoms with E-state index in [0.29, 0.717) is 33.9 Å². The molecule has 0 bridgehead atoms. The Morgan fingerprint density at radius 1 is 0.975 bits per heavy atom. The molecule has 0 spiro atoms. The van der Waals surface area contributed by atoms with Gasteiger partial charge in [-0.15, -0.1) is 10.2 Å². The summed E-state index contributed by atoms with van der Waals surface area (Å²) in [5.74, 6) is 1.09. The molecule has 0 aliphatic carbocycles. The average molecular weight is 566 g/mol. The number of sulfonamides is 1. The molecule has 2 atom stereocenters. The lowest BCUT2D eigenvalue weighted by molar-refractivity contribution is 0.0949. The summed E-state index contributed by atoms with van der Waals surface area (Å²) >= 11 is 0. The molecular weight excluding hydrogens is 538 g/mol. The van der Waals surface area contributed by atoms with E-state index in [1.54, 1.807) is 42.9 Å². The van der Waals surface area contributed by atoms with Crippen LogP contribution in [0.4, 0.5) is 5.95 Å². The van der Waals surface area contributed by atoms with E-state index >= 15 is 0 Å². The van der Waals surface area contributed by atoms with Gasteiger partial charge in [-0.3, -0.25) is 9.29 Å². The van der Waals surface area contributed by atoms with E-state index in [9.17, 15) is 8.42 Å². The number of methoxy groups -OCH3 is 3. The molecule has 2 N–H and O–H groups in total. The van der Waals surface area contributed by atoms with Crippen LogP contribution in [0.25, 0.3) is 28.2 Å². The molecule has 0 saturated carbocycles. The minimum absolute atomic E-state index is 0.123. The molecule has 0 aliphatic rings. The van der Waals surface area contributed by atoms with Crippen molar-refractivity contribution in [2.75, 3.05) is 26.1 Å². The number of fused-ring (bicyclic) bond motifs is 1. The fraction of sp³-hybridized carbons (Fsp3) is 0.280. The Morgan fingerprint density at radius 3 is 2.33 bits per heavy atom. The molecule has 4 heterocycles. The van der Waals surface area contributed by atoms with E-state index in [0.717, 1.165) is 5.56 Å². The summed E-state index contributed by atoms with van der Waals surface area (Å²) in [4.78, 5) is 20.3. The van der Waals surface area contributed by atoms with Crippen LogP contribution in [0, 0.1) is 6.92 Å². The second kappa shape index (κ2) is 10.9. The van der Waals surface area contributed by atoms with Crippen molar-refractivity contribution in [3.05, 3.63) is 60.6 Å². The van der Waals surface area contributed by atoms with Gasteiger partial charge in [0.25, 0.3) is 0 Å². The van der Waals surface area contributed by atoms with E-state index in [2.05, 4.69) is 39.8 Å². The van der Waals surface area contributed by atoms with Gasteiger partial charge in [0.1, 0.15) is 40.6 Å². The van der Waals surface area contributed by atoms with Gasteiger partial charge in [0.2, 0.25) is 16.0 Å². The first-order valence-electron chi connectivity index (χ1n) is 12.1. The molecule has 208 valence electrons. The highest BCUT2D eigenvalue weighted by molar-refractivity contribution is 7.93. The third-order valence-electron chi connectivity index (χ3n) is 6.30. The predicted octanol–water partition coefficient (Wildman–Crippen LogP) is 2.84. The van der Waals surface area contributed by atoms with Crippen molar-refractivity contribution in [3.63, 3.8) is 0 Å². The molecule has 5 rings (SSSR count). The smallest absolute Gasteiger partial charge is 0.243 e. The number of aryl methyl sites for hydroxylation is 1. The van der Waals surface area contributed by atoms with Gasteiger partial charge in [-0.1, -0.05) is 6.07 Å². The predicted molar refractivity (Wildman–Crippen MR) is 146 cm³/mol. The Balaban J connectivity index is 1.66. The molecule has 0 radical (unpaired) electrons. The van der Waals surface area contributed by atoms with Crippen LogP contribution in [-0.2, 0) is 14.8 Å². The molecule has 4 aromatic heterocycles. The molecule has 14 nitrogen and oxygen atoms in total. The largest absolute Gasteiger partial charge is 0.494 e. The van der Waals surface area contributed by atoms with Gasteiger partial charge >= 0.3 is 0 Å². The van der Waals surface area contributed by atoms with E-state index < -0.39 is 21.4 Å². The first-order chi connectivity index (χ1) is 19.3. The van der Waals surface area contributed by atoms with Crippen LogP contribution in [-0.4, -0.2) is 74.7 Å². The second-order valence-electron chi connectivity index (χ2n) is 8.78. The highest BCUT2D eigenvalue weighted by atomic mass is 32.2. The Morgan fingerprint density at radius 2 is 1.68 bits per heavy atom. The molecule has 1 aromatic carbocycles. The maximum absolute atomic E-state index is 13.7. The summed E-state index contributed by atoms with van der Waals surface area (Å²) in [6.07, 6.45) is 5.34. The molecule has 5 aromatic rings. The van der Waals surface area contributed by atoms with Crippen LogP contribution in [0.5, 0.6) is 11.5 Å². The van der Waals surface area contributed by atoms with Crippen molar-refractivity contribution in [3.8, 4) is 28.7 Å². The summed E-state index contributed by atoms with van der Waals surface area (Å²) in [6.45, 7) is 3.33. The molecule has 40 heavy (non-hydrogen) atoms. The van der Waals surface area contributed by atoms with Crippen molar-refractivity contribution in [1.29, 1.82) is 0 Å². The minimum atomic E-state index is -4.15. The van der Waals surface area contributed by atoms with Crippen molar-refractivity contribution in [2.45, 2.75) is 25.2 Å². The fourth-order valence-electron chi connectivity index (χ4n) is 4.25. The zero-order valence-electron chi connectivity index (χ0n) is 22.4. The number of hydrogen-bond acceptors (Lipinski definition) is 11. The van der Waals surface area contributed by atoms with Crippen LogP contribution in [0.2, 0.25) is 0 Å². The van der Waals surface area contributed by atoms with E-state index in [4.69, 9.17) is 14.2 Å². The van der Waals surface area contributed by atoms with Gasteiger partial charge in [-0.2, -0.15) is 0 Å². The lowest BCUT2D eigenvalue weighted by atomic mass is 10.2. The number of ether oxygens (including phenoxy) is 3. The van der Waals surface area contributed by atoms with Crippen LogP contribution in [0.15, 0.2) is 49.2 Å². The summed E-state index contributed by atoms with van der Waals surface area (Å²) in [5.41, 5.74) is 2.81. The zero-order chi connectivity index (χ0) is 28.4. The average Bonchev–Trinajstić information content (AvgIpc) is 3.60. The van der Waals surface area contributed by atoms with Gasteiger partial charge < -0.3 is 19.2 Å². The Bertz CT molecular complexity index is 1730. The highest BCUT2D eigenvalue weighted by Crippen LogP contribution is 2.38. The minimum Gasteiger partial charge on any atom is -0.494 e. The number of anilines is 1. The number of nitrogens with zero attached hydrogens (tertiary/aromatic N) is 7. The zero-order valence-corrected chi connectivity index (χ0v) is 23.2. The third-order valence-corrected chi connectivity index (χ3v) is 8.00. The summed E-state index contributed by atoms with van der Waals surface area (Å²) in [6, 6.07) is 6.95. The van der Waals surface area contributed by atoms with Crippen LogP contribution in [0.3, 0.4) is 0 Å². The number of aromatic nitrogens is 8. The van der Waals surface area contributed by atoms with Crippen molar-refractivity contribution in [1.82, 2.24) is 39.7 Å². The molecule has 0 unspecified atom stereocenters. The number of hydrogen-bond donors (Lipinski definition) is 2. The number of para-hydroxylation sites is 1. The lowest BCUT2D eigenvalue weighted by Gasteiger charge is -2.23. The van der Waals surface area contributed by atoms with Gasteiger partial charge in [-0.05, 0) is 37.6 Å². The van der Waals surface area contributed by atoms with Crippen molar-refractivity contribution < 1.29 is 22.6 Å². The Labute approximate surface area is 229 Å². The summed E-state index contributed by atoms with van der Waals surface area (Å²) in [7, 11) is 0.232. The first kappa shape index (κ1) is 27.0. The molecular formula is C25H27N9O5S. The topological polar surface area (TPSA) is 172 Å². The number of rotatable bonds is 10. The van der Waals surface area contributed by atoms with E-state index in [1.807, 2.05) is 6.92 Å². The second-order valence-corrected chi connectivity index (χ2v) is 10.8.